The normalized spacial score (nSPS) is 12.7. The second-order valence-corrected chi connectivity index (χ2v) is 11.1. The van der Waals surface area contributed by atoms with E-state index in [1.54, 1.807) is 35.1 Å². The van der Waals surface area contributed by atoms with Crippen LogP contribution in [0.25, 0.3) is 22.5 Å². The molecule has 14 heteroatoms. The van der Waals surface area contributed by atoms with Gasteiger partial charge in [0, 0.05) is 67.7 Å². The number of aromatic amines is 1. The number of halogens is 4. The van der Waals surface area contributed by atoms with Crippen molar-refractivity contribution in [1.29, 1.82) is 0 Å². The highest BCUT2D eigenvalue weighted by atomic mass is 19.4. The molecule has 4 aromatic rings. The zero-order chi connectivity index (χ0) is 32.6. The highest BCUT2D eigenvalue weighted by molar-refractivity contribution is 5.64. The van der Waals surface area contributed by atoms with Gasteiger partial charge < -0.3 is 30.7 Å². The molecule has 0 saturated heterocycles. The first-order valence-electron chi connectivity index (χ1n) is 14.6. The summed E-state index contributed by atoms with van der Waals surface area (Å²) in [6, 6.07) is 11.1. The zero-order valence-electron chi connectivity index (χ0n) is 25.6. The second-order valence-electron chi connectivity index (χ2n) is 11.1. The summed E-state index contributed by atoms with van der Waals surface area (Å²) in [5.41, 5.74) is 16.0. The molecule has 5 N–H and O–H groups in total. The fourth-order valence-corrected chi connectivity index (χ4v) is 4.92. The molecule has 2 aromatic carbocycles. The molecule has 0 saturated carbocycles. The zero-order valence-corrected chi connectivity index (χ0v) is 25.6. The summed E-state index contributed by atoms with van der Waals surface area (Å²) in [7, 11) is 3.89. The Kier molecular flexibility index (Phi) is 11.6. The Hall–Kier alpha value is -3.98. The molecule has 0 radical (unpaired) electrons. The molecule has 0 aliphatic heterocycles. The SMILES string of the molecule is CC(Cn1cc(CN(C)CCN)c(-c2ccc(OCC(F)(F)F)cc2)n1)Oc1ccc(-c2[nH]ncc2CN(C)CCN)cc1F. The molecule has 0 amide bonds. The van der Waals surface area contributed by atoms with Gasteiger partial charge in [0.1, 0.15) is 11.9 Å². The van der Waals surface area contributed by atoms with Crippen molar-refractivity contribution in [2.75, 3.05) is 46.9 Å². The van der Waals surface area contributed by atoms with Crippen LogP contribution in [0.4, 0.5) is 17.6 Å². The van der Waals surface area contributed by atoms with Crippen molar-refractivity contribution in [3.05, 3.63) is 71.8 Å². The summed E-state index contributed by atoms with van der Waals surface area (Å²) in [4.78, 5) is 4.11. The number of nitrogens with one attached hydrogen (secondary N) is 1. The minimum absolute atomic E-state index is 0.107. The lowest BCUT2D eigenvalue weighted by Crippen LogP contribution is -2.25. The van der Waals surface area contributed by atoms with E-state index in [2.05, 4.69) is 15.1 Å². The van der Waals surface area contributed by atoms with Gasteiger partial charge >= 0.3 is 6.18 Å². The van der Waals surface area contributed by atoms with Crippen LogP contribution in [0.1, 0.15) is 18.1 Å². The maximum atomic E-state index is 15.2. The Bertz CT molecular complexity index is 1510. The van der Waals surface area contributed by atoms with Gasteiger partial charge in [0.25, 0.3) is 0 Å². The number of likely N-dealkylation sites (N-methyl/N-ethyl adjacent to an activating group) is 2. The van der Waals surface area contributed by atoms with E-state index in [-0.39, 0.29) is 11.5 Å². The van der Waals surface area contributed by atoms with Crippen LogP contribution in [0.2, 0.25) is 0 Å². The van der Waals surface area contributed by atoms with Gasteiger partial charge in [-0.2, -0.15) is 23.4 Å². The number of aromatic nitrogens is 4. The van der Waals surface area contributed by atoms with Crippen LogP contribution in [0.3, 0.4) is 0 Å². The van der Waals surface area contributed by atoms with Gasteiger partial charge in [-0.15, -0.1) is 0 Å². The van der Waals surface area contributed by atoms with E-state index in [9.17, 15) is 13.2 Å². The molecule has 2 aromatic heterocycles. The number of alkyl halides is 3. The summed E-state index contributed by atoms with van der Waals surface area (Å²) in [6.07, 6.45) is -1.26. The van der Waals surface area contributed by atoms with Gasteiger partial charge in [-0.05, 0) is 63.5 Å². The molecule has 0 spiro atoms. The van der Waals surface area contributed by atoms with Crippen molar-refractivity contribution in [3.63, 3.8) is 0 Å². The molecule has 10 nitrogen and oxygen atoms in total. The lowest BCUT2D eigenvalue weighted by molar-refractivity contribution is -0.153. The quantitative estimate of drug-likeness (QED) is 0.157. The minimum atomic E-state index is -4.42. The van der Waals surface area contributed by atoms with Gasteiger partial charge in [0.15, 0.2) is 18.2 Å². The van der Waals surface area contributed by atoms with E-state index in [1.807, 2.05) is 32.1 Å². The molecule has 0 aliphatic rings. The fraction of sp³-hybridized carbons (Fsp3) is 0.419. The summed E-state index contributed by atoms with van der Waals surface area (Å²) < 4.78 is 65.4. The molecule has 0 fully saturated rings. The molecule has 1 unspecified atom stereocenters. The first-order valence-corrected chi connectivity index (χ1v) is 14.6. The number of nitrogens with zero attached hydrogens (tertiary/aromatic N) is 5. The molecular weight excluding hydrogens is 592 g/mol. The first kappa shape index (κ1) is 33.9. The third-order valence-corrected chi connectivity index (χ3v) is 6.98. The average molecular weight is 633 g/mol. The second kappa shape index (κ2) is 15.3. The molecule has 2 heterocycles. The van der Waals surface area contributed by atoms with Gasteiger partial charge in [-0.1, -0.05) is 0 Å². The Balaban J connectivity index is 1.47. The van der Waals surface area contributed by atoms with Crippen LogP contribution >= 0.6 is 0 Å². The van der Waals surface area contributed by atoms with E-state index in [0.29, 0.717) is 56.1 Å². The molecule has 0 bridgehead atoms. The van der Waals surface area contributed by atoms with Crippen LogP contribution in [-0.2, 0) is 19.6 Å². The lowest BCUT2D eigenvalue weighted by atomic mass is 10.1. The van der Waals surface area contributed by atoms with E-state index >= 15 is 4.39 Å². The van der Waals surface area contributed by atoms with Crippen molar-refractivity contribution in [2.45, 2.75) is 38.8 Å². The number of hydrogen-bond acceptors (Lipinski definition) is 8. The number of H-pyrrole nitrogens is 1. The number of benzene rings is 2. The number of nitrogens with two attached hydrogens (primary N) is 2. The van der Waals surface area contributed by atoms with E-state index in [4.69, 9.17) is 26.0 Å². The van der Waals surface area contributed by atoms with Crippen molar-refractivity contribution < 1.29 is 27.0 Å². The summed E-state index contributed by atoms with van der Waals surface area (Å²) in [5, 5.41) is 11.8. The van der Waals surface area contributed by atoms with Crippen LogP contribution in [0, 0.1) is 5.82 Å². The van der Waals surface area contributed by atoms with Gasteiger partial charge in [0.05, 0.1) is 24.1 Å². The third kappa shape index (κ3) is 9.75. The molecule has 1 atom stereocenters. The number of ether oxygens (including phenoxy) is 2. The number of hydrogen-bond donors (Lipinski definition) is 3. The fourth-order valence-electron chi connectivity index (χ4n) is 4.92. The standard InChI is InChI=1S/C31H40F4N8O2/c1-21(45-28-9-6-23(14-27(28)32)29-24(15-38-39-29)17-41(2)12-10-36)16-43-19-25(18-42(3)13-11-37)30(40-43)22-4-7-26(8-5-22)44-20-31(33,34)35/h4-9,14-15,19,21H,10-13,16-18,20,36-37H2,1-3H3,(H,38,39). The van der Waals surface area contributed by atoms with E-state index < -0.39 is 24.7 Å². The van der Waals surface area contributed by atoms with Gasteiger partial charge in [-0.3, -0.25) is 9.78 Å². The summed E-state index contributed by atoms with van der Waals surface area (Å²) in [5.74, 6) is -0.291. The summed E-state index contributed by atoms with van der Waals surface area (Å²) in [6.45, 7) is 4.33. The Morgan fingerprint density at radius 2 is 1.60 bits per heavy atom. The van der Waals surface area contributed by atoms with Crippen molar-refractivity contribution in [1.82, 2.24) is 29.8 Å². The number of rotatable bonds is 16. The average Bonchev–Trinajstić information content (AvgIpc) is 3.59. The molecule has 45 heavy (non-hydrogen) atoms. The molecule has 0 aliphatic carbocycles. The van der Waals surface area contributed by atoms with Crippen LogP contribution in [0.5, 0.6) is 11.5 Å². The maximum Gasteiger partial charge on any atom is 0.422 e. The Labute approximate surface area is 259 Å². The summed E-state index contributed by atoms with van der Waals surface area (Å²) >= 11 is 0. The molecule has 4 rings (SSSR count). The third-order valence-electron chi connectivity index (χ3n) is 6.98. The topological polar surface area (TPSA) is 123 Å². The van der Waals surface area contributed by atoms with Crippen LogP contribution in [0.15, 0.2) is 54.9 Å². The van der Waals surface area contributed by atoms with Crippen LogP contribution < -0.4 is 20.9 Å². The predicted molar refractivity (Wildman–Crippen MR) is 164 cm³/mol. The van der Waals surface area contributed by atoms with Crippen LogP contribution in [-0.4, -0.2) is 88.9 Å². The van der Waals surface area contributed by atoms with Gasteiger partial charge in [0.2, 0.25) is 0 Å². The van der Waals surface area contributed by atoms with Crippen molar-refractivity contribution in [2.24, 2.45) is 11.5 Å². The predicted octanol–water partition coefficient (Wildman–Crippen LogP) is 4.27. The van der Waals surface area contributed by atoms with Crippen molar-refractivity contribution >= 4 is 0 Å². The van der Waals surface area contributed by atoms with E-state index in [1.165, 1.54) is 18.2 Å². The molecule has 244 valence electrons. The molecular formula is C31H40F4N8O2. The largest absolute Gasteiger partial charge is 0.486 e. The Morgan fingerprint density at radius 1 is 0.956 bits per heavy atom. The van der Waals surface area contributed by atoms with Gasteiger partial charge in [-0.25, -0.2) is 4.39 Å². The first-order chi connectivity index (χ1) is 21.5. The smallest absolute Gasteiger partial charge is 0.422 e. The van der Waals surface area contributed by atoms with E-state index in [0.717, 1.165) is 23.4 Å². The highest BCUT2D eigenvalue weighted by Crippen LogP contribution is 2.29. The minimum Gasteiger partial charge on any atom is -0.486 e. The highest BCUT2D eigenvalue weighted by Gasteiger charge is 2.28. The Morgan fingerprint density at radius 3 is 2.22 bits per heavy atom. The maximum absolute atomic E-state index is 15.2. The monoisotopic (exact) mass is 632 g/mol. The lowest BCUT2D eigenvalue weighted by Gasteiger charge is -2.17. The van der Waals surface area contributed by atoms with Crippen molar-refractivity contribution in [3.8, 4) is 34.0 Å².